The molecule has 0 N–H and O–H groups in total. The lowest BCUT2D eigenvalue weighted by atomic mass is 10.2. The standard InChI is InChI=1S/C16H24Cl2N2O/c1-13(2)12-20-7-5-19(6-8-20)9-10-21-16-11-14(17)3-4-15(16)18/h3-4,11,13H,5-10,12H2,1-2H3. The van der Waals surface area contributed by atoms with E-state index in [0.717, 1.165) is 38.6 Å². The van der Waals surface area contributed by atoms with Gasteiger partial charge in [-0.15, -0.1) is 0 Å². The molecule has 3 nitrogen and oxygen atoms in total. The van der Waals surface area contributed by atoms with Crippen molar-refractivity contribution in [3.8, 4) is 5.75 Å². The molecule has 1 aliphatic heterocycles. The third kappa shape index (κ3) is 5.67. The van der Waals surface area contributed by atoms with Gasteiger partial charge in [-0.3, -0.25) is 4.90 Å². The van der Waals surface area contributed by atoms with Crippen molar-refractivity contribution >= 4 is 23.2 Å². The number of ether oxygens (including phenoxy) is 1. The van der Waals surface area contributed by atoms with E-state index in [1.807, 2.05) is 0 Å². The number of hydrogen-bond acceptors (Lipinski definition) is 3. The van der Waals surface area contributed by atoms with Crippen molar-refractivity contribution in [3.05, 3.63) is 28.2 Å². The second-order valence-corrected chi connectivity index (χ2v) is 6.80. The van der Waals surface area contributed by atoms with Crippen LogP contribution >= 0.6 is 23.2 Å². The van der Waals surface area contributed by atoms with Crippen LogP contribution in [0.1, 0.15) is 13.8 Å². The number of rotatable bonds is 6. The molecule has 0 unspecified atom stereocenters. The molecule has 5 heteroatoms. The molecule has 118 valence electrons. The van der Waals surface area contributed by atoms with E-state index in [0.29, 0.717) is 22.4 Å². The number of nitrogens with zero attached hydrogens (tertiary/aromatic N) is 2. The SMILES string of the molecule is CC(C)CN1CCN(CCOc2cc(Cl)ccc2Cl)CC1. The molecule has 1 aromatic carbocycles. The molecule has 1 fully saturated rings. The van der Waals surface area contributed by atoms with Crippen LogP contribution in [-0.2, 0) is 0 Å². The first-order chi connectivity index (χ1) is 10.0. The highest BCUT2D eigenvalue weighted by atomic mass is 35.5. The summed E-state index contributed by atoms with van der Waals surface area (Å²) in [5.41, 5.74) is 0. The summed E-state index contributed by atoms with van der Waals surface area (Å²) < 4.78 is 5.74. The van der Waals surface area contributed by atoms with Crippen molar-refractivity contribution in [1.29, 1.82) is 0 Å². The third-order valence-electron chi connectivity index (χ3n) is 3.65. The van der Waals surface area contributed by atoms with Crippen molar-refractivity contribution in [2.75, 3.05) is 45.9 Å². The molecular formula is C16H24Cl2N2O. The lowest BCUT2D eigenvalue weighted by molar-refractivity contribution is 0.109. The maximum absolute atomic E-state index is 6.08. The van der Waals surface area contributed by atoms with Crippen LogP contribution in [0, 0.1) is 5.92 Å². The maximum atomic E-state index is 6.08. The Morgan fingerprint density at radius 2 is 1.76 bits per heavy atom. The van der Waals surface area contributed by atoms with Gasteiger partial charge in [0.05, 0.1) is 5.02 Å². The van der Waals surface area contributed by atoms with Crippen molar-refractivity contribution < 1.29 is 4.74 Å². The highest BCUT2D eigenvalue weighted by Gasteiger charge is 2.17. The summed E-state index contributed by atoms with van der Waals surface area (Å²) in [5.74, 6) is 1.41. The van der Waals surface area contributed by atoms with Crippen LogP contribution in [0.15, 0.2) is 18.2 Å². The van der Waals surface area contributed by atoms with E-state index in [1.165, 1.54) is 6.54 Å². The van der Waals surface area contributed by atoms with Gasteiger partial charge in [0.15, 0.2) is 0 Å². The lowest BCUT2D eigenvalue weighted by Crippen LogP contribution is -2.48. The number of piperazine rings is 1. The second-order valence-electron chi connectivity index (χ2n) is 5.96. The summed E-state index contributed by atoms with van der Waals surface area (Å²) in [6.45, 7) is 11.8. The smallest absolute Gasteiger partial charge is 0.139 e. The molecule has 0 radical (unpaired) electrons. The van der Waals surface area contributed by atoms with Gasteiger partial charge in [-0.2, -0.15) is 0 Å². The predicted octanol–water partition coefficient (Wildman–Crippen LogP) is 3.65. The molecular weight excluding hydrogens is 307 g/mol. The summed E-state index contributed by atoms with van der Waals surface area (Å²) in [6, 6.07) is 5.30. The summed E-state index contributed by atoms with van der Waals surface area (Å²) >= 11 is 12.0. The molecule has 0 spiro atoms. The van der Waals surface area contributed by atoms with Crippen molar-refractivity contribution in [2.24, 2.45) is 5.92 Å². The molecule has 0 saturated carbocycles. The Hall–Kier alpha value is -0.480. The fourth-order valence-electron chi connectivity index (χ4n) is 2.58. The molecule has 0 aliphatic carbocycles. The number of halogens is 2. The monoisotopic (exact) mass is 330 g/mol. The van der Waals surface area contributed by atoms with E-state index in [-0.39, 0.29) is 0 Å². The molecule has 0 amide bonds. The van der Waals surface area contributed by atoms with Gasteiger partial charge in [0, 0.05) is 50.4 Å². The van der Waals surface area contributed by atoms with Crippen LogP contribution in [-0.4, -0.2) is 55.7 Å². The van der Waals surface area contributed by atoms with Crippen molar-refractivity contribution in [3.63, 3.8) is 0 Å². The maximum Gasteiger partial charge on any atom is 0.139 e. The first-order valence-electron chi connectivity index (χ1n) is 7.57. The Labute approximate surface area is 137 Å². The lowest BCUT2D eigenvalue weighted by Gasteiger charge is -2.35. The van der Waals surface area contributed by atoms with E-state index in [1.54, 1.807) is 18.2 Å². The summed E-state index contributed by atoms with van der Waals surface area (Å²) in [5, 5.41) is 1.26. The van der Waals surface area contributed by atoms with Crippen molar-refractivity contribution in [2.45, 2.75) is 13.8 Å². The van der Waals surface area contributed by atoms with Crippen LogP contribution in [0.4, 0.5) is 0 Å². The minimum Gasteiger partial charge on any atom is -0.491 e. The van der Waals surface area contributed by atoms with Crippen molar-refractivity contribution in [1.82, 2.24) is 9.80 Å². The molecule has 1 saturated heterocycles. The molecule has 0 bridgehead atoms. The zero-order valence-corrected chi connectivity index (χ0v) is 14.3. The normalized spacial score (nSPS) is 17.4. The van der Waals surface area contributed by atoms with E-state index in [4.69, 9.17) is 27.9 Å². The first kappa shape index (κ1) is 16.9. The molecule has 0 aromatic heterocycles. The molecule has 2 rings (SSSR count). The number of hydrogen-bond donors (Lipinski definition) is 0. The highest BCUT2D eigenvalue weighted by molar-refractivity contribution is 6.34. The Morgan fingerprint density at radius 3 is 2.43 bits per heavy atom. The minimum absolute atomic E-state index is 0.612. The van der Waals surface area contributed by atoms with E-state index < -0.39 is 0 Å². The van der Waals surface area contributed by atoms with Gasteiger partial charge in [0.1, 0.15) is 12.4 Å². The van der Waals surface area contributed by atoms with Gasteiger partial charge in [-0.1, -0.05) is 37.0 Å². The zero-order chi connectivity index (χ0) is 15.2. The zero-order valence-electron chi connectivity index (χ0n) is 12.8. The third-order valence-corrected chi connectivity index (χ3v) is 4.19. The Kier molecular flexibility index (Phi) is 6.62. The van der Waals surface area contributed by atoms with Crippen LogP contribution in [0.25, 0.3) is 0 Å². The largest absolute Gasteiger partial charge is 0.491 e. The molecule has 1 aliphatic rings. The Morgan fingerprint density at radius 1 is 1.10 bits per heavy atom. The van der Waals surface area contributed by atoms with Gasteiger partial charge < -0.3 is 9.64 Å². The first-order valence-corrected chi connectivity index (χ1v) is 8.33. The summed E-state index contributed by atoms with van der Waals surface area (Å²) in [7, 11) is 0. The Bertz CT molecular complexity index is 446. The average Bonchev–Trinajstić information content (AvgIpc) is 2.44. The van der Waals surface area contributed by atoms with Crippen LogP contribution in [0.5, 0.6) is 5.75 Å². The molecule has 1 heterocycles. The van der Waals surface area contributed by atoms with Crippen LogP contribution in [0.3, 0.4) is 0 Å². The molecule has 1 aromatic rings. The van der Waals surface area contributed by atoms with Crippen LogP contribution < -0.4 is 4.74 Å². The van der Waals surface area contributed by atoms with E-state index >= 15 is 0 Å². The van der Waals surface area contributed by atoms with Crippen LogP contribution in [0.2, 0.25) is 10.0 Å². The van der Waals surface area contributed by atoms with Gasteiger partial charge >= 0.3 is 0 Å². The minimum atomic E-state index is 0.612. The van der Waals surface area contributed by atoms with Gasteiger partial charge in [-0.05, 0) is 18.1 Å². The summed E-state index contributed by atoms with van der Waals surface area (Å²) in [6.07, 6.45) is 0. The Balaban J connectivity index is 1.69. The van der Waals surface area contributed by atoms with Gasteiger partial charge in [0.2, 0.25) is 0 Å². The van der Waals surface area contributed by atoms with E-state index in [9.17, 15) is 0 Å². The quantitative estimate of drug-likeness (QED) is 0.791. The average molecular weight is 331 g/mol. The van der Waals surface area contributed by atoms with Gasteiger partial charge in [0.25, 0.3) is 0 Å². The predicted molar refractivity (Wildman–Crippen MR) is 89.7 cm³/mol. The fraction of sp³-hybridized carbons (Fsp3) is 0.625. The number of benzene rings is 1. The second kappa shape index (κ2) is 8.23. The topological polar surface area (TPSA) is 15.7 Å². The van der Waals surface area contributed by atoms with E-state index in [2.05, 4.69) is 23.6 Å². The summed E-state index contributed by atoms with van der Waals surface area (Å²) in [4.78, 5) is 4.98. The fourth-order valence-corrected chi connectivity index (χ4v) is 2.92. The van der Waals surface area contributed by atoms with Gasteiger partial charge in [-0.25, -0.2) is 0 Å². The molecule has 21 heavy (non-hydrogen) atoms. The highest BCUT2D eigenvalue weighted by Crippen LogP contribution is 2.27. The molecule has 0 atom stereocenters.